The minimum absolute atomic E-state index is 0.0552. The molecule has 0 aliphatic heterocycles. The van der Waals surface area contributed by atoms with Gasteiger partial charge < -0.3 is 9.64 Å². The molecule has 0 saturated heterocycles. The molecular formula is C16H23NO2S. The van der Waals surface area contributed by atoms with Gasteiger partial charge in [-0.15, -0.1) is 11.8 Å². The van der Waals surface area contributed by atoms with Gasteiger partial charge in [0.1, 0.15) is 6.10 Å². The van der Waals surface area contributed by atoms with Crippen molar-refractivity contribution < 1.29 is 9.53 Å². The number of carbonyl (C=O) groups is 1. The van der Waals surface area contributed by atoms with E-state index < -0.39 is 0 Å². The Labute approximate surface area is 125 Å². The molecule has 1 aromatic carbocycles. The molecule has 1 saturated carbocycles. The third kappa shape index (κ3) is 4.53. The van der Waals surface area contributed by atoms with Gasteiger partial charge in [-0.3, -0.25) is 4.79 Å². The Balaban J connectivity index is 1.81. The molecule has 1 aliphatic rings. The highest BCUT2D eigenvalue weighted by atomic mass is 32.2. The Morgan fingerprint density at radius 3 is 2.60 bits per heavy atom. The molecular weight excluding hydrogens is 270 g/mol. The van der Waals surface area contributed by atoms with Crippen LogP contribution in [0.15, 0.2) is 29.2 Å². The van der Waals surface area contributed by atoms with Gasteiger partial charge in [-0.05, 0) is 49.6 Å². The van der Waals surface area contributed by atoms with Gasteiger partial charge in [0.2, 0.25) is 0 Å². The highest BCUT2D eigenvalue weighted by Gasteiger charge is 2.25. The van der Waals surface area contributed by atoms with Gasteiger partial charge in [0.15, 0.2) is 0 Å². The van der Waals surface area contributed by atoms with Crippen LogP contribution in [0.25, 0.3) is 0 Å². The van der Waals surface area contributed by atoms with Crippen molar-refractivity contribution in [1.82, 2.24) is 4.90 Å². The van der Waals surface area contributed by atoms with Crippen molar-refractivity contribution in [2.45, 2.75) is 37.3 Å². The molecule has 110 valence electrons. The maximum Gasteiger partial charge on any atom is 0.251 e. The molecule has 1 aromatic rings. The smallest absolute Gasteiger partial charge is 0.251 e. The average Bonchev–Trinajstić information content (AvgIpc) is 3.29. The zero-order valence-electron chi connectivity index (χ0n) is 12.5. The molecule has 0 heterocycles. The number of hydrogen-bond donors (Lipinski definition) is 0. The van der Waals surface area contributed by atoms with Crippen LogP contribution in [-0.4, -0.2) is 36.8 Å². The van der Waals surface area contributed by atoms with Gasteiger partial charge in [0, 0.05) is 18.5 Å². The van der Waals surface area contributed by atoms with E-state index in [1.54, 1.807) is 16.7 Å². The SMILES string of the molecule is CSc1ccc(CN(C)C(=O)C(C)OCC2CC2)cc1. The topological polar surface area (TPSA) is 29.5 Å². The number of amides is 1. The maximum atomic E-state index is 12.2. The molecule has 2 rings (SSSR count). The molecule has 3 nitrogen and oxygen atoms in total. The van der Waals surface area contributed by atoms with E-state index in [1.165, 1.54) is 17.7 Å². The predicted octanol–water partition coefficient (Wildman–Crippen LogP) is 3.18. The highest BCUT2D eigenvalue weighted by Crippen LogP contribution is 2.29. The normalized spacial score (nSPS) is 15.9. The van der Waals surface area contributed by atoms with E-state index in [0.29, 0.717) is 12.5 Å². The maximum absolute atomic E-state index is 12.2. The van der Waals surface area contributed by atoms with Crippen LogP contribution in [-0.2, 0) is 16.1 Å². The van der Waals surface area contributed by atoms with Crippen LogP contribution in [0.2, 0.25) is 0 Å². The number of rotatable bonds is 7. The average molecular weight is 293 g/mol. The zero-order chi connectivity index (χ0) is 14.5. The number of benzene rings is 1. The van der Waals surface area contributed by atoms with Crippen molar-refractivity contribution in [1.29, 1.82) is 0 Å². The van der Waals surface area contributed by atoms with Crippen molar-refractivity contribution in [2.24, 2.45) is 5.92 Å². The zero-order valence-corrected chi connectivity index (χ0v) is 13.3. The number of thioether (sulfide) groups is 1. The summed E-state index contributed by atoms with van der Waals surface area (Å²) in [5, 5.41) is 0. The Morgan fingerprint density at radius 2 is 2.05 bits per heavy atom. The molecule has 20 heavy (non-hydrogen) atoms. The second kappa shape index (κ2) is 7.14. The van der Waals surface area contributed by atoms with E-state index in [4.69, 9.17) is 4.74 Å². The summed E-state index contributed by atoms with van der Waals surface area (Å²) < 4.78 is 5.63. The summed E-state index contributed by atoms with van der Waals surface area (Å²) in [6.45, 7) is 3.20. The van der Waals surface area contributed by atoms with Crippen molar-refractivity contribution in [3.8, 4) is 0 Å². The summed E-state index contributed by atoms with van der Waals surface area (Å²) in [5.41, 5.74) is 1.15. The lowest BCUT2D eigenvalue weighted by atomic mass is 10.2. The summed E-state index contributed by atoms with van der Waals surface area (Å²) in [4.78, 5) is 15.2. The number of carbonyl (C=O) groups excluding carboxylic acids is 1. The van der Waals surface area contributed by atoms with Crippen molar-refractivity contribution >= 4 is 17.7 Å². The van der Waals surface area contributed by atoms with Gasteiger partial charge in [0.25, 0.3) is 5.91 Å². The first-order valence-corrected chi connectivity index (χ1v) is 8.32. The third-order valence-corrected chi connectivity index (χ3v) is 4.33. The predicted molar refractivity (Wildman–Crippen MR) is 82.8 cm³/mol. The molecule has 0 radical (unpaired) electrons. The van der Waals surface area contributed by atoms with Crippen LogP contribution in [0.4, 0.5) is 0 Å². The molecule has 0 bridgehead atoms. The van der Waals surface area contributed by atoms with Crippen LogP contribution >= 0.6 is 11.8 Å². The standard InChI is InChI=1S/C16H23NO2S/c1-12(19-11-14-4-5-14)16(18)17(2)10-13-6-8-15(20-3)9-7-13/h6-9,12,14H,4-5,10-11H2,1-3H3. The fourth-order valence-corrected chi connectivity index (χ4v) is 2.44. The largest absolute Gasteiger partial charge is 0.368 e. The monoisotopic (exact) mass is 293 g/mol. The Morgan fingerprint density at radius 1 is 1.40 bits per heavy atom. The lowest BCUT2D eigenvalue weighted by molar-refractivity contribution is -0.142. The minimum Gasteiger partial charge on any atom is -0.368 e. The third-order valence-electron chi connectivity index (χ3n) is 3.58. The molecule has 1 unspecified atom stereocenters. The molecule has 1 fully saturated rings. The Bertz CT molecular complexity index is 442. The number of hydrogen-bond acceptors (Lipinski definition) is 3. The second-order valence-corrected chi connectivity index (χ2v) is 6.34. The van der Waals surface area contributed by atoms with Crippen LogP contribution < -0.4 is 0 Å². The molecule has 0 spiro atoms. The van der Waals surface area contributed by atoms with Crippen molar-refractivity contribution in [2.75, 3.05) is 19.9 Å². The van der Waals surface area contributed by atoms with E-state index in [9.17, 15) is 4.79 Å². The van der Waals surface area contributed by atoms with Gasteiger partial charge in [-0.2, -0.15) is 0 Å². The van der Waals surface area contributed by atoms with Crippen molar-refractivity contribution in [3.63, 3.8) is 0 Å². The highest BCUT2D eigenvalue weighted by molar-refractivity contribution is 7.98. The van der Waals surface area contributed by atoms with Crippen LogP contribution in [0.1, 0.15) is 25.3 Å². The lowest BCUT2D eigenvalue weighted by Gasteiger charge is -2.21. The molecule has 0 aromatic heterocycles. The molecule has 0 N–H and O–H groups in total. The van der Waals surface area contributed by atoms with E-state index in [0.717, 1.165) is 12.2 Å². The van der Waals surface area contributed by atoms with E-state index in [-0.39, 0.29) is 12.0 Å². The molecule has 1 amide bonds. The van der Waals surface area contributed by atoms with E-state index >= 15 is 0 Å². The van der Waals surface area contributed by atoms with Crippen molar-refractivity contribution in [3.05, 3.63) is 29.8 Å². The molecule has 4 heteroatoms. The lowest BCUT2D eigenvalue weighted by Crippen LogP contribution is -2.36. The Kier molecular flexibility index (Phi) is 5.49. The van der Waals surface area contributed by atoms with Crippen LogP contribution in [0, 0.1) is 5.92 Å². The Hall–Kier alpha value is -1.00. The van der Waals surface area contributed by atoms with Crippen LogP contribution in [0.3, 0.4) is 0 Å². The minimum atomic E-state index is -0.342. The second-order valence-electron chi connectivity index (χ2n) is 5.46. The number of nitrogens with zero attached hydrogens (tertiary/aromatic N) is 1. The summed E-state index contributed by atoms with van der Waals surface area (Å²) in [5.74, 6) is 0.745. The fourth-order valence-electron chi connectivity index (χ4n) is 2.03. The fraction of sp³-hybridized carbons (Fsp3) is 0.562. The summed E-state index contributed by atoms with van der Waals surface area (Å²) in [7, 11) is 1.84. The van der Waals surface area contributed by atoms with Gasteiger partial charge in [-0.25, -0.2) is 0 Å². The quantitative estimate of drug-likeness (QED) is 0.723. The first kappa shape index (κ1) is 15.4. The van der Waals surface area contributed by atoms with E-state index in [1.807, 2.05) is 14.0 Å². The summed E-state index contributed by atoms with van der Waals surface area (Å²) in [6.07, 6.45) is 4.21. The van der Waals surface area contributed by atoms with Gasteiger partial charge >= 0.3 is 0 Å². The summed E-state index contributed by atoms with van der Waals surface area (Å²) in [6, 6.07) is 8.33. The first-order valence-electron chi connectivity index (χ1n) is 7.09. The van der Waals surface area contributed by atoms with E-state index in [2.05, 4.69) is 30.5 Å². The van der Waals surface area contributed by atoms with Gasteiger partial charge in [-0.1, -0.05) is 12.1 Å². The number of ether oxygens (including phenoxy) is 1. The summed E-state index contributed by atoms with van der Waals surface area (Å²) >= 11 is 1.72. The molecule has 1 atom stereocenters. The first-order chi connectivity index (χ1) is 9.60. The van der Waals surface area contributed by atoms with Gasteiger partial charge in [0.05, 0.1) is 6.61 Å². The molecule has 1 aliphatic carbocycles. The number of likely N-dealkylation sites (N-methyl/N-ethyl adjacent to an activating group) is 1. The van der Waals surface area contributed by atoms with Crippen LogP contribution in [0.5, 0.6) is 0 Å².